The number of carboxylic acids is 1. The van der Waals surface area contributed by atoms with Crippen molar-refractivity contribution in [2.45, 2.75) is 20.0 Å². The van der Waals surface area contributed by atoms with E-state index in [9.17, 15) is 9.59 Å². The molecule has 6 nitrogen and oxygen atoms in total. The van der Waals surface area contributed by atoms with Crippen molar-refractivity contribution in [1.29, 1.82) is 0 Å². The summed E-state index contributed by atoms with van der Waals surface area (Å²) in [7, 11) is 0. The molecule has 0 unspecified atom stereocenters. The lowest BCUT2D eigenvalue weighted by Crippen LogP contribution is -2.20. The summed E-state index contributed by atoms with van der Waals surface area (Å²) in [6.45, 7) is 4.05. The third kappa shape index (κ3) is 9.57. The van der Waals surface area contributed by atoms with E-state index < -0.39 is 12.1 Å². The number of carbonyl (C=O) groups is 2. The normalized spacial score (nSPS) is 12.4. The molecule has 0 bridgehead atoms. The predicted molar refractivity (Wildman–Crippen MR) is 55.4 cm³/mol. The maximum atomic E-state index is 10.8. The van der Waals surface area contributed by atoms with E-state index in [-0.39, 0.29) is 19.0 Å². The second-order valence-corrected chi connectivity index (χ2v) is 3.18. The molecule has 0 rings (SSSR count). The first-order valence-electron chi connectivity index (χ1n) is 5.03. The zero-order chi connectivity index (χ0) is 12.4. The van der Waals surface area contributed by atoms with Gasteiger partial charge in [0.05, 0.1) is 26.4 Å². The lowest BCUT2D eigenvalue weighted by Gasteiger charge is -2.09. The molecule has 6 heteroatoms. The van der Waals surface area contributed by atoms with Gasteiger partial charge in [0.25, 0.3) is 0 Å². The lowest BCUT2D eigenvalue weighted by atomic mass is 10.3. The van der Waals surface area contributed by atoms with Crippen LogP contribution in [-0.4, -0.2) is 56.0 Å². The fourth-order valence-corrected chi connectivity index (χ4v) is 0.781. The van der Waals surface area contributed by atoms with Gasteiger partial charge >= 0.3 is 5.97 Å². The highest BCUT2D eigenvalue weighted by atomic mass is 16.6. The largest absolute Gasteiger partial charge is 0.480 e. The second-order valence-electron chi connectivity index (χ2n) is 3.18. The molecule has 0 spiro atoms. The Labute approximate surface area is 94.5 Å². The second kappa shape index (κ2) is 9.26. The van der Waals surface area contributed by atoms with E-state index in [1.807, 2.05) is 0 Å². The van der Waals surface area contributed by atoms with Crippen molar-refractivity contribution >= 4 is 11.8 Å². The topological polar surface area (TPSA) is 82.1 Å². The Morgan fingerprint density at radius 3 is 2.25 bits per heavy atom. The number of rotatable bonds is 10. The Kier molecular flexibility index (Phi) is 8.69. The minimum Gasteiger partial charge on any atom is -0.480 e. The molecule has 0 fully saturated rings. The summed E-state index contributed by atoms with van der Waals surface area (Å²) in [6.07, 6.45) is -0.410. The van der Waals surface area contributed by atoms with Gasteiger partial charge in [0.15, 0.2) is 5.78 Å². The third-order valence-corrected chi connectivity index (χ3v) is 1.77. The zero-order valence-corrected chi connectivity index (χ0v) is 9.60. The van der Waals surface area contributed by atoms with Crippen molar-refractivity contribution in [3.63, 3.8) is 0 Å². The summed E-state index contributed by atoms with van der Waals surface area (Å²) in [4.78, 5) is 20.8. The van der Waals surface area contributed by atoms with E-state index >= 15 is 0 Å². The minimum atomic E-state index is -1.00. The molecule has 1 N–H and O–H groups in total. The minimum absolute atomic E-state index is 0.0233. The van der Waals surface area contributed by atoms with E-state index in [0.717, 1.165) is 0 Å². The van der Waals surface area contributed by atoms with Crippen molar-refractivity contribution < 1.29 is 28.9 Å². The Morgan fingerprint density at radius 1 is 1.12 bits per heavy atom. The first-order valence-corrected chi connectivity index (χ1v) is 5.03. The Balaban J connectivity index is 3.15. The van der Waals surface area contributed by atoms with Crippen LogP contribution >= 0.6 is 0 Å². The van der Waals surface area contributed by atoms with E-state index in [4.69, 9.17) is 19.3 Å². The van der Waals surface area contributed by atoms with Crippen LogP contribution in [0.25, 0.3) is 0 Å². The van der Waals surface area contributed by atoms with Crippen LogP contribution in [0.15, 0.2) is 0 Å². The van der Waals surface area contributed by atoms with Gasteiger partial charge in [0.2, 0.25) is 0 Å². The fraction of sp³-hybridized carbons (Fsp3) is 0.800. The Hall–Kier alpha value is -0.980. The number of ether oxygens (including phenoxy) is 3. The van der Waals surface area contributed by atoms with Crippen LogP contribution in [0.1, 0.15) is 13.8 Å². The van der Waals surface area contributed by atoms with Crippen molar-refractivity contribution in [3.8, 4) is 0 Å². The van der Waals surface area contributed by atoms with Crippen molar-refractivity contribution in [2.75, 3.05) is 33.0 Å². The van der Waals surface area contributed by atoms with Crippen LogP contribution < -0.4 is 0 Å². The van der Waals surface area contributed by atoms with Crippen LogP contribution in [0.5, 0.6) is 0 Å². The summed E-state index contributed by atoms with van der Waals surface area (Å²) in [6, 6.07) is 0. The molecule has 94 valence electrons. The van der Waals surface area contributed by atoms with Gasteiger partial charge in [-0.1, -0.05) is 0 Å². The van der Waals surface area contributed by atoms with E-state index in [0.29, 0.717) is 19.8 Å². The number of Topliss-reactive ketones (excluding diaryl/α,β-unsaturated/α-hetero) is 1. The number of hydrogen-bond donors (Lipinski definition) is 1. The van der Waals surface area contributed by atoms with Crippen molar-refractivity contribution in [3.05, 3.63) is 0 Å². The van der Waals surface area contributed by atoms with Gasteiger partial charge in [0, 0.05) is 0 Å². The van der Waals surface area contributed by atoms with Gasteiger partial charge in [-0.05, 0) is 13.8 Å². The van der Waals surface area contributed by atoms with E-state index in [1.165, 1.54) is 6.92 Å². The highest BCUT2D eigenvalue weighted by molar-refractivity contribution is 5.79. The summed E-state index contributed by atoms with van der Waals surface area (Å²) < 4.78 is 15.0. The van der Waals surface area contributed by atoms with Crippen LogP contribution in [0.3, 0.4) is 0 Å². The molecule has 0 aliphatic rings. The first kappa shape index (κ1) is 15.0. The Morgan fingerprint density at radius 2 is 1.69 bits per heavy atom. The third-order valence-electron chi connectivity index (χ3n) is 1.77. The molecular weight excluding hydrogens is 216 g/mol. The maximum absolute atomic E-state index is 10.8. The van der Waals surface area contributed by atoms with Crippen LogP contribution in [0.2, 0.25) is 0 Å². The molecule has 0 heterocycles. The zero-order valence-electron chi connectivity index (χ0n) is 9.60. The van der Waals surface area contributed by atoms with Gasteiger partial charge in [0.1, 0.15) is 12.7 Å². The van der Waals surface area contributed by atoms with Gasteiger partial charge in [-0.3, -0.25) is 4.79 Å². The summed E-state index contributed by atoms with van der Waals surface area (Å²) in [5, 5.41) is 8.25. The van der Waals surface area contributed by atoms with Gasteiger partial charge in [-0.15, -0.1) is 0 Å². The first-order chi connectivity index (χ1) is 7.54. The number of ketones is 1. The molecule has 0 amide bonds. The monoisotopic (exact) mass is 234 g/mol. The average Bonchev–Trinajstić information content (AvgIpc) is 2.21. The van der Waals surface area contributed by atoms with Crippen LogP contribution in [-0.2, 0) is 23.8 Å². The van der Waals surface area contributed by atoms with Gasteiger partial charge in [-0.2, -0.15) is 0 Å². The predicted octanol–water partition coefficient (Wildman–Crippen LogP) is 0.0983. The maximum Gasteiger partial charge on any atom is 0.329 e. The molecule has 0 aliphatic heterocycles. The molecule has 1 atom stereocenters. The fourth-order valence-electron chi connectivity index (χ4n) is 0.781. The highest BCUT2D eigenvalue weighted by Gasteiger charge is 2.06. The summed E-state index contributed by atoms with van der Waals surface area (Å²) >= 11 is 0. The molecule has 16 heavy (non-hydrogen) atoms. The van der Waals surface area contributed by atoms with Crippen LogP contribution in [0, 0.1) is 0 Å². The van der Waals surface area contributed by atoms with Crippen molar-refractivity contribution in [1.82, 2.24) is 0 Å². The van der Waals surface area contributed by atoms with Crippen molar-refractivity contribution in [2.24, 2.45) is 0 Å². The number of aliphatic carboxylic acids is 1. The van der Waals surface area contributed by atoms with Gasteiger partial charge in [-0.25, -0.2) is 4.79 Å². The lowest BCUT2D eigenvalue weighted by molar-refractivity contribution is -0.142. The smallest absolute Gasteiger partial charge is 0.329 e. The van der Waals surface area contributed by atoms with Crippen LogP contribution in [0.4, 0.5) is 0 Å². The number of hydrogen-bond acceptors (Lipinski definition) is 5. The quantitative estimate of drug-likeness (QED) is 0.540. The standard InChI is InChI=1S/C10H18O6/c1-8(11)9(2)16-6-5-14-3-4-15-7-10(12)13/h9H,3-7H2,1-2H3,(H,12,13)/t9-/m0/s1. The summed E-state index contributed by atoms with van der Waals surface area (Å²) in [5.74, 6) is -1.02. The molecule has 0 aromatic heterocycles. The average molecular weight is 234 g/mol. The van der Waals surface area contributed by atoms with E-state index in [2.05, 4.69) is 0 Å². The Bertz CT molecular complexity index is 215. The molecule has 0 aromatic carbocycles. The molecule has 0 radical (unpaired) electrons. The molecule has 0 aromatic rings. The SMILES string of the molecule is CC(=O)[C@H](C)OCCOCCOCC(=O)O. The molecule has 0 saturated heterocycles. The molecule has 0 aliphatic carbocycles. The highest BCUT2D eigenvalue weighted by Crippen LogP contribution is 1.91. The van der Waals surface area contributed by atoms with Gasteiger partial charge < -0.3 is 19.3 Å². The molecular formula is C10H18O6. The molecule has 0 saturated carbocycles. The number of carbonyl (C=O) groups excluding carboxylic acids is 1. The number of carboxylic acid groups (broad SMARTS) is 1. The summed E-state index contributed by atoms with van der Waals surface area (Å²) in [5.41, 5.74) is 0. The van der Waals surface area contributed by atoms with E-state index in [1.54, 1.807) is 6.92 Å².